The van der Waals surface area contributed by atoms with Crippen LogP contribution in [0.1, 0.15) is 18.0 Å². The maximum absolute atomic E-state index is 13.3. The highest BCUT2D eigenvalue weighted by Crippen LogP contribution is 2.40. The minimum atomic E-state index is -0.856. The Morgan fingerprint density at radius 3 is 2.76 bits per heavy atom. The molecule has 2 nitrogen and oxygen atoms in total. The third-order valence-corrected chi connectivity index (χ3v) is 3.21. The second-order valence-corrected chi connectivity index (χ2v) is 4.53. The van der Waals surface area contributed by atoms with Crippen LogP contribution in [-0.2, 0) is 0 Å². The van der Waals surface area contributed by atoms with Gasteiger partial charge in [-0.25, -0.2) is 8.78 Å². The summed E-state index contributed by atoms with van der Waals surface area (Å²) in [5, 5.41) is 0.323. The number of hydrogen-bond acceptors (Lipinski definition) is 1. The molecule has 1 aliphatic rings. The first kappa shape index (κ1) is 10.4. The Morgan fingerprint density at radius 1 is 1.41 bits per heavy atom. The molecule has 0 amide bonds. The molecule has 1 aromatic heterocycles. The molecule has 88 valence electrons. The molecule has 2 atom stereocenters. The summed E-state index contributed by atoms with van der Waals surface area (Å²) in [5.41, 5.74) is 1.08. The number of nitrogens with zero attached hydrogens (tertiary/aromatic N) is 1. The summed E-state index contributed by atoms with van der Waals surface area (Å²) in [7, 11) is 0. The topological polar surface area (TPSA) is 22.0 Å². The smallest absolute Gasteiger partial charge is 0.189 e. The minimum absolute atomic E-state index is 0.206. The first-order valence-electron chi connectivity index (χ1n) is 5.53. The molecule has 2 aromatic rings. The summed E-state index contributed by atoms with van der Waals surface area (Å²) in [4.78, 5) is 11.7. The van der Waals surface area contributed by atoms with E-state index in [4.69, 9.17) is 0 Å². The Balaban J connectivity index is 2.38. The minimum Gasteiger partial charge on any atom is -0.341 e. The molecule has 1 aliphatic carbocycles. The van der Waals surface area contributed by atoms with Crippen molar-refractivity contribution in [2.45, 2.75) is 25.6 Å². The summed E-state index contributed by atoms with van der Waals surface area (Å²) >= 11 is 0. The van der Waals surface area contributed by atoms with Gasteiger partial charge < -0.3 is 4.57 Å². The molecule has 0 unspecified atom stereocenters. The van der Waals surface area contributed by atoms with Crippen LogP contribution < -0.4 is 5.43 Å². The van der Waals surface area contributed by atoms with Crippen LogP contribution in [-0.4, -0.2) is 10.7 Å². The summed E-state index contributed by atoms with van der Waals surface area (Å²) in [6.07, 6.45) is 1.21. The first-order chi connectivity index (χ1) is 8.08. The van der Waals surface area contributed by atoms with E-state index in [2.05, 4.69) is 0 Å². The molecule has 1 fully saturated rings. The first-order valence-corrected chi connectivity index (χ1v) is 5.53. The van der Waals surface area contributed by atoms with Crippen molar-refractivity contribution in [2.24, 2.45) is 0 Å². The normalized spacial score (nSPS) is 23.0. The lowest BCUT2D eigenvalue weighted by molar-refractivity contribution is 0.444. The summed E-state index contributed by atoms with van der Waals surface area (Å²) in [6.45, 7) is 1.73. The number of halogens is 2. The highest BCUT2D eigenvalue weighted by molar-refractivity contribution is 5.82. The van der Waals surface area contributed by atoms with Gasteiger partial charge in [0.25, 0.3) is 0 Å². The zero-order chi connectivity index (χ0) is 12.2. The van der Waals surface area contributed by atoms with E-state index >= 15 is 0 Å². The highest BCUT2D eigenvalue weighted by atomic mass is 19.1. The lowest BCUT2D eigenvalue weighted by Gasteiger charge is -2.11. The van der Waals surface area contributed by atoms with Gasteiger partial charge in [-0.15, -0.1) is 0 Å². The van der Waals surface area contributed by atoms with E-state index in [9.17, 15) is 13.6 Å². The molecular formula is C13H11F2NO. The number of fused-ring (bicyclic) bond motifs is 1. The van der Waals surface area contributed by atoms with E-state index in [1.165, 1.54) is 18.2 Å². The fraction of sp³-hybridized carbons (Fsp3) is 0.308. The largest absolute Gasteiger partial charge is 0.341 e. The number of aromatic nitrogens is 1. The number of benzene rings is 1. The Kier molecular flexibility index (Phi) is 2.08. The molecule has 0 saturated heterocycles. The zero-order valence-corrected chi connectivity index (χ0v) is 9.28. The van der Waals surface area contributed by atoms with E-state index in [1.54, 1.807) is 17.7 Å². The fourth-order valence-corrected chi connectivity index (χ4v) is 2.29. The van der Waals surface area contributed by atoms with Crippen LogP contribution in [0.15, 0.2) is 29.2 Å². The van der Waals surface area contributed by atoms with Gasteiger partial charge in [0, 0.05) is 24.1 Å². The Labute approximate surface area is 96.5 Å². The molecule has 4 heteroatoms. The van der Waals surface area contributed by atoms with Gasteiger partial charge in [-0.3, -0.25) is 4.79 Å². The standard InChI is InChI=1S/C13H11F2NO/c1-7-4-8(14)5-9-12(17)2-3-16(13(7)9)11-6-10(11)15/h2-5,10-11H,6H2,1H3/t10-,11+/m0/s1. The van der Waals surface area contributed by atoms with Crippen molar-refractivity contribution in [3.8, 4) is 0 Å². The molecule has 0 aliphatic heterocycles. The predicted molar refractivity (Wildman–Crippen MR) is 61.5 cm³/mol. The molecule has 0 spiro atoms. The number of rotatable bonds is 1. The average molecular weight is 235 g/mol. The van der Waals surface area contributed by atoms with E-state index in [1.807, 2.05) is 0 Å². The third-order valence-electron chi connectivity index (χ3n) is 3.21. The maximum Gasteiger partial charge on any atom is 0.189 e. The van der Waals surface area contributed by atoms with Crippen LogP contribution in [0.4, 0.5) is 8.78 Å². The van der Waals surface area contributed by atoms with Gasteiger partial charge in [-0.05, 0) is 24.6 Å². The van der Waals surface area contributed by atoms with Crippen molar-refractivity contribution in [3.05, 3.63) is 46.0 Å². The Bertz CT molecular complexity index is 662. The maximum atomic E-state index is 13.3. The quantitative estimate of drug-likeness (QED) is 0.745. The van der Waals surface area contributed by atoms with Crippen molar-refractivity contribution in [1.29, 1.82) is 0 Å². The number of pyridine rings is 1. The molecule has 0 radical (unpaired) electrons. The van der Waals surface area contributed by atoms with Gasteiger partial charge in [0.2, 0.25) is 0 Å². The van der Waals surface area contributed by atoms with Crippen LogP contribution in [0.2, 0.25) is 0 Å². The van der Waals surface area contributed by atoms with Crippen molar-refractivity contribution < 1.29 is 8.78 Å². The molecule has 0 N–H and O–H groups in total. The van der Waals surface area contributed by atoms with Crippen LogP contribution in [0.3, 0.4) is 0 Å². The predicted octanol–water partition coefficient (Wildman–Crippen LogP) is 2.73. The monoisotopic (exact) mass is 235 g/mol. The van der Waals surface area contributed by atoms with Crippen molar-refractivity contribution in [1.82, 2.24) is 4.57 Å². The molecule has 0 bridgehead atoms. The molecule has 3 rings (SSSR count). The van der Waals surface area contributed by atoms with Gasteiger partial charge >= 0.3 is 0 Å². The second kappa shape index (κ2) is 3.39. The van der Waals surface area contributed by atoms with Gasteiger partial charge in [0.1, 0.15) is 12.0 Å². The van der Waals surface area contributed by atoms with Gasteiger partial charge in [0.05, 0.1) is 11.6 Å². The van der Waals surface area contributed by atoms with Crippen molar-refractivity contribution in [2.75, 3.05) is 0 Å². The van der Waals surface area contributed by atoms with Crippen LogP contribution >= 0.6 is 0 Å². The Hall–Kier alpha value is -1.71. The molecule has 1 saturated carbocycles. The van der Waals surface area contributed by atoms with Gasteiger partial charge in [-0.2, -0.15) is 0 Å². The third kappa shape index (κ3) is 1.55. The summed E-state index contributed by atoms with van der Waals surface area (Å²) in [6, 6.07) is 3.75. The van der Waals surface area contributed by atoms with E-state index in [0.717, 1.165) is 0 Å². The molecule has 1 aromatic carbocycles. The molecule has 17 heavy (non-hydrogen) atoms. The van der Waals surface area contributed by atoms with E-state index in [-0.39, 0.29) is 11.5 Å². The van der Waals surface area contributed by atoms with E-state index < -0.39 is 12.0 Å². The van der Waals surface area contributed by atoms with Crippen LogP contribution in [0, 0.1) is 12.7 Å². The van der Waals surface area contributed by atoms with Crippen LogP contribution in [0.25, 0.3) is 10.9 Å². The SMILES string of the molecule is Cc1cc(F)cc2c(=O)ccn([C@@H]3C[C@@H]3F)c12. The lowest BCUT2D eigenvalue weighted by Crippen LogP contribution is -2.09. The lowest BCUT2D eigenvalue weighted by atomic mass is 10.1. The van der Waals surface area contributed by atoms with Gasteiger partial charge in [0.15, 0.2) is 5.43 Å². The number of hydrogen-bond donors (Lipinski definition) is 0. The zero-order valence-electron chi connectivity index (χ0n) is 9.28. The Morgan fingerprint density at radius 2 is 2.12 bits per heavy atom. The second-order valence-electron chi connectivity index (χ2n) is 4.53. The molecule has 1 heterocycles. The number of aryl methyl sites for hydroxylation is 1. The van der Waals surface area contributed by atoms with E-state index in [0.29, 0.717) is 22.9 Å². The average Bonchev–Trinajstić information content (AvgIpc) is 2.97. The molecular weight excluding hydrogens is 224 g/mol. The van der Waals surface area contributed by atoms with Crippen molar-refractivity contribution >= 4 is 10.9 Å². The highest BCUT2D eigenvalue weighted by Gasteiger charge is 2.39. The number of alkyl halides is 1. The fourth-order valence-electron chi connectivity index (χ4n) is 2.29. The van der Waals surface area contributed by atoms with Crippen molar-refractivity contribution in [3.63, 3.8) is 0 Å². The summed E-state index contributed by atoms with van der Waals surface area (Å²) < 4.78 is 28.2. The van der Waals surface area contributed by atoms with Crippen LogP contribution in [0.5, 0.6) is 0 Å². The van der Waals surface area contributed by atoms with Gasteiger partial charge in [-0.1, -0.05) is 0 Å². The summed E-state index contributed by atoms with van der Waals surface area (Å²) in [5.74, 6) is -0.433.